The third kappa shape index (κ3) is 7.23. The van der Waals surface area contributed by atoms with Gasteiger partial charge in [-0.05, 0) is 34.6 Å². The van der Waals surface area contributed by atoms with Gasteiger partial charge >= 0.3 is 5.97 Å². The fraction of sp³-hybridized carbons (Fsp3) is 0.769. The number of aliphatic hydroxyl groups is 3. The monoisotopic (exact) mass is 308 g/mol. The number of rotatable bonds is 4. The van der Waals surface area contributed by atoms with Crippen molar-refractivity contribution in [2.45, 2.75) is 65.5 Å². The molecule has 0 unspecified atom stereocenters. The summed E-state index contributed by atoms with van der Waals surface area (Å²) >= 11 is 0. The second-order valence-corrected chi connectivity index (χ2v) is 5.95. The molecule has 0 aromatic rings. The zero-order valence-corrected chi connectivity index (χ0v) is 14.2. The van der Waals surface area contributed by atoms with Gasteiger partial charge in [0.1, 0.15) is 0 Å². The van der Waals surface area contributed by atoms with E-state index in [1.165, 1.54) is 48.5 Å². The topological polar surface area (TPSA) is 87.0 Å². The van der Waals surface area contributed by atoms with Crippen LogP contribution >= 0.6 is 0 Å². The van der Waals surface area contributed by atoms with Crippen LogP contribution in [0, 0.1) is 0 Å². The van der Waals surface area contributed by atoms with Crippen LogP contribution in [-0.4, -0.2) is 38.3 Å². The van der Waals surface area contributed by atoms with Gasteiger partial charge in [0.2, 0.25) is 5.79 Å². The fourth-order valence-electron chi connectivity index (χ4n) is 2.07. The van der Waals surface area contributed by atoms with Crippen molar-refractivity contribution >= 4 is 5.97 Å². The number of esters is 1. The second kappa shape index (κ2) is 6.50. The first-order chi connectivity index (χ1) is 7.66. The molecule has 0 bridgehead atoms. The summed E-state index contributed by atoms with van der Waals surface area (Å²) in [7, 11) is 0. The third-order valence-corrected chi connectivity index (χ3v) is 2.25. The molecule has 110 valence electrons. The molecule has 3 N–H and O–H groups in total. The number of carbonyl (C=O) groups excluding carboxylic acids is 1. The first kappa shape index (κ1) is 21.1. The number of carbonyl (C=O) groups is 1. The number of hydrogen-bond donors (Lipinski definition) is 3. The Hall–Kier alpha value is -0.196. The largest absolute Gasteiger partial charge is 0.431 e. The Bertz CT molecular complexity index is 337. The molecule has 0 amide bonds. The summed E-state index contributed by atoms with van der Waals surface area (Å²) in [6, 6.07) is 0. The maximum atomic E-state index is 11.8. The van der Waals surface area contributed by atoms with Gasteiger partial charge in [0.25, 0.3) is 0 Å². The molecule has 0 heterocycles. The smallest absolute Gasteiger partial charge is 0.336 e. The van der Waals surface area contributed by atoms with Crippen LogP contribution in [0.15, 0.2) is 11.1 Å². The average Bonchev–Trinajstić information content (AvgIpc) is 1.93. The molecule has 0 aliphatic rings. The van der Waals surface area contributed by atoms with Gasteiger partial charge in [-0.25, -0.2) is 4.79 Å². The van der Waals surface area contributed by atoms with Gasteiger partial charge in [-0.1, -0.05) is 0 Å². The Morgan fingerprint density at radius 2 is 1.21 bits per heavy atom. The normalized spacial score (nSPS) is 12.5. The Balaban J connectivity index is 0. The van der Waals surface area contributed by atoms with Gasteiger partial charge < -0.3 is 20.1 Å². The van der Waals surface area contributed by atoms with Crippen LogP contribution in [-0.2, 0) is 31.2 Å². The molecule has 0 aromatic heterocycles. The molecular weight excluding hydrogens is 284 g/mol. The van der Waals surface area contributed by atoms with Gasteiger partial charge in [-0.2, -0.15) is 0 Å². The summed E-state index contributed by atoms with van der Waals surface area (Å²) in [5.41, 5.74) is -2.51. The van der Waals surface area contributed by atoms with Crippen molar-refractivity contribution in [2.24, 2.45) is 0 Å². The molecule has 0 aliphatic carbocycles. The zero-order valence-electron chi connectivity index (χ0n) is 12.7. The maximum absolute atomic E-state index is 11.8. The molecule has 0 spiro atoms. The van der Waals surface area contributed by atoms with E-state index in [2.05, 4.69) is 0 Å². The van der Waals surface area contributed by atoms with E-state index < -0.39 is 23.0 Å². The summed E-state index contributed by atoms with van der Waals surface area (Å²) in [5.74, 6) is -2.38. The SMILES string of the molecule is CC(C(=O)OC(C)(C)O)=C(C(C)(C)O)C(C)(C)O.[Ti]. The molecule has 0 saturated heterocycles. The molecule has 0 rings (SSSR count). The quantitative estimate of drug-likeness (QED) is 0.313. The van der Waals surface area contributed by atoms with Crippen molar-refractivity contribution < 1.29 is 46.6 Å². The first-order valence-corrected chi connectivity index (χ1v) is 5.78. The third-order valence-electron chi connectivity index (χ3n) is 2.25. The average molecular weight is 308 g/mol. The summed E-state index contributed by atoms with van der Waals surface area (Å²) in [6.45, 7) is 9.99. The molecular formula is C13H24O5Ti. The van der Waals surface area contributed by atoms with E-state index >= 15 is 0 Å². The van der Waals surface area contributed by atoms with E-state index in [-0.39, 0.29) is 32.9 Å². The van der Waals surface area contributed by atoms with Gasteiger partial charge in [-0.15, -0.1) is 0 Å². The molecule has 6 heteroatoms. The second-order valence-electron chi connectivity index (χ2n) is 5.95. The predicted molar refractivity (Wildman–Crippen MR) is 67.7 cm³/mol. The molecule has 0 saturated carbocycles. The molecule has 0 radical (unpaired) electrons. The minimum atomic E-state index is -1.61. The summed E-state index contributed by atoms with van der Waals surface area (Å²) < 4.78 is 4.81. The molecule has 0 fully saturated rings. The predicted octanol–water partition coefficient (Wildman–Crippen LogP) is 1.11. The van der Waals surface area contributed by atoms with Gasteiger partial charge in [0, 0.05) is 46.7 Å². The number of ether oxygens (including phenoxy) is 1. The van der Waals surface area contributed by atoms with Crippen LogP contribution < -0.4 is 0 Å². The Morgan fingerprint density at radius 3 is 1.42 bits per heavy atom. The van der Waals surface area contributed by atoms with Gasteiger partial charge in [-0.3, -0.25) is 0 Å². The Labute approximate surface area is 129 Å². The summed E-state index contributed by atoms with van der Waals surface area (Å²) in [4.78, 5) is 11.8. The van der Waals surface area contributed by atoms with E-state index in [1.54, 1.807) is 0 Å². The van der Waals surface area contributed by atoms with Crippen molar-refractivity contribution in [3.05, 3.63) is 11.1 Å². The van der Waals surface area contributed by atoms with Crippen LogP contribution in [0.3, 0.4) is 0 Å². The first-order valence-electron chi connectivity index (χ1n) is 5.78. The molecule has 0 aromatic carbocycles. The summed E-state index contributed by atoms with van der Waals surface area (Å²) in [6.07, 6.45) is 0. The van der Waals surface area contributed by atoms with E-state index in [9.17, 15) is 20.1 Å². The molecule has 5 nitrogen and oxygen atoms in total. The van der Waals surface area contributed by atoms with Gasteiger partial charge in [0.15, 0.2) is 0 Å². The van der Waals surface area contributed by atoms with Crippen LogP contribution in [0.25, 0.3) is 0 Å². The van der Waals surface area contributed by atoms with Crippen LogP contribution in [0.4, 0.5) is 0 Å². The molecule has 0 aliphatic heterocycles. The van der Waals surface area contributed by atoms with Crippen LogP contribution in [0.1, 0.15) is 48.5 Å². The van der Waals surface area contributed by atoms with E-state index in [4.69, 9.17) is 4.74 Å². The van der Waals surface area contributed by atoms with Crippen LogP contribution in [0.2, 0.25) is 0 Å². The van der Waals surface area contributed by atoms with Crippen molar-refractivity contribution in [2.75, 3.05) is 0 Å². The summed E-state index contributed by atoms with van der Waals surface area (Å²) in [5, 5.41) is 29.5. The molecule has 0 atom stereocenters. The van der Waals surface area contributed by atoms with Gasteiger partial charge in [0.05, 0.1) is 11.2 Å². The van der Waals surface area contributed by atoms with Crippen molar-refractivity contribution in [1.29, 1.82) is 0 Å². The zero-order chi connectivity index (χ0) is 14.9. The van der Waals surface area contributed by atoms with Crippen molar-refractivity contribution in [3.8, 4) is 0 Å². The Kier molecular flexibility index (Phi) is 7.23. The van der Waals surface area contributed by atoms with E-state index in [0.29, 0.717) is 0 Å². The minimum Gasteiger partial charge on any atom is -0.431 e. The molecule has 19 heavy (non-hydrogen) atoms. The van der Waals surface area contributed by atoms with E-state index in [0.717, 1.165) is 0 Å². The Morgan fingerprint density at radius 1 is 0.895 bits per heavy atom. The van der Waals surface area contributed by atoms with E-state index in [1.807, 2.05) is 0 Å². The fourth-order valence-corrected chi connectivity index (χ4v) is 2.07. The number of hydrogen-bond acceptors (Lipinski definition) is 5. The van der Waals surface area contributed by atoms with Crippen molar-refractivity contribution in [1.82, 2.24) is 0 Å². The van der Waals surface area contributed by atoms with Crippen molar-refractivity contribution in [3.63, 3.8) is 0 Å². The minimum absolute atomic E-state index is 0. The maximum Gasteiger partial charge on any atom is 0.336 e. The van der Waals surface area contributed by atoms with Crippen LogP contribution in [0.5, 0.6) is 0 Å². The standard InChI is InChI=1S/C13H24O5.Ti/c1-8(10(14)18-13(6,7)17)9(11(2,3)15)12(4,5)16;/h15-17H,1-7H3;.